The van der Waals surface area contributed by atoms with Crippen LogP contribution in [0.2, 0.25) is 0 Å². The van der Waals surface area contributed by atoms with Gasteiger partial charge in [0.2, 0.25) is 5.91 Å². The first kappa shape index (κ1) is 48.9. The summed E-state index contributed by atoms with van der Waals surface area (Å²) in [6, 6.07) is -1.16. The molecule has 1 amide bonds. The molecule has 1 aliphatic heterocycles. The second-order valence-electron chi connectivity index (χ2n) is 15.1. The number of carbonyl (C=O) groups excluding carboxylic acids is 1. The van der Waals surface area contributed by atoms with E-state index in [0.29, 0.717) is 12.8 Å². The van der Waals surface area contributed by atoms with E-state index in [1.807, 2.05) is 6.92 Å². The maximum absolute atomic E-state index is 12.9. The summed E-state index contributed by atoms with van der Waals surface area (Å²) < 4.78 is 10.9. The van der Waals surface area contributed by atoms with E-state index in [9.17, 15) is 40.5 Å². The van der Waals surface area contributed by atoms with Gasteiger partial charge in [0.05, 0.1) is 25.4 Å². The van der Waals surface area contributed by atoms with Crippen LogP contribution in [0.5, 0.6) is 0 Å². The van der Waals surface area contributed by atoms with Crippen molar-refractivity contribution in [2.24, 2.45) is 0 Å². The first-order chi connectivity index (χ1) is 25.2. The first-order valence-corrected chi connectivity index (χ1v) is 21.1. The molecule has 11 heteroatoms. The summed E-state index contributed by atoms with van der Waals surface area (Å²) in [4.78, 5) is 12.9. The number of amides is 1. The zero-order chi connectivity index (χ0) is 38.4. The van der Waals surface area contributed by atoms with E-state index in [2.05, 4.69) is 24.4 Å². The number of aliphatic hydroxyl groups is 7. The van der Waals surface area contributed by atoms with E-state index < -0.39 is 74.2 Å². The standard InChI is InChI=1S/C41H79NO10/c1-3-5-7-8-9-10-11-12-13-14-15-16-17-18-19-20-21-22-23-24-25-26-27-29-34(45)40(50)42-32(36(46)33(44)28-6-4-2)31-51-41-39(49)38(48)37(47)35(30-43)52-41/h18-19,32-39,41,43-49H,3-17,20-31H2,1-2H3,(H,42,50)/b19-18-. The number of unbranched alkanes of at least 4 members (excludes halogenated alkanes) is 20. The molecule has 52 heavy (non-hydrogen) atoms. The highest BCUT2D eigenvalue weighted by Crippen LogP contribution is 2.23. The van der Waals surface area contributed by atoms with Crippen LogP contribution in [0.15, 0.2) is 12.2 Å². The smallest absolute Gasteiger partial charge is 0.249 e. The Morgan fingerprint density at radius 1 is 0.654 bits per heavy atom. The number of nitrogens with one attached hydrogen (secondary N) is 1. The van der Waals surface area contributed by atoms with Gasteiger partial charge in [-0.2, -0.15) is 0 Å². The first-order valence-electron chi connectivity index (χ1n) is 21.1. The zero-order valence-corrected chi connectivity index (χ0v) is 32.8. The third-order valence-electron chi connectivity index (χ3n) is 10.3. The fraction of sp³-hybridized carbons (Fsp3) is 0.927. The third kappa shape index (κ3) is 22.3. The van der Waals surface area contributed by atoms with Crippen LogP contribution >= 0.6 is 0 Å². The van der Waals surface area contributed by atoms with Crippen molar-refractivity contribution in [3.63, 3.8) is 0 Å². The summed E-state index contributed by atoms with van der Waals surface area (Å²) >= 11 is 0. The van der Waals surface area contributed by atoms with Crippen molar-refractivity contribution in [1.29, 1.82) is 0 Å². The van der Waals surface area contributed by atoms with Gasteiger partial charge in [-0.05, 0) is 38.5 Å². The number of ether oxygens (including phenoxy) is 2. The fourth-order valence-electron chi connectivity index (χ4n) is 6.71. The Morgan fingerprint density at radius 2 is 1.13 bits per heavy atom. The van der Waals surface area contributed by atoms with Crippen molar-refractivity contribution in [1.82, 2.24) is 5.32 Å². The summed E-state index contributed by atoms with van der Waals surface area (Å²) in [5.41, 5.74) is 0. The molecule has 0 bridgehead atoms. The summed E-state index contributed by atoms with van der Waals surface area (Å²) in [6.07, 6.45) is 21.4. The molecule has 0 aromatic heterocycles. The Bertz CT molecular complexity index is 861. The lowest BCUT2D eigenvalue weighted by Crippen LogP contribution is -2.60. The molecule has 0 spiro atoms. The lowest BCUT2D eigenvalue weighted by atomic mass is 9.99. The quantitative estimate of drug-likeness (QED) is 0.0299. The summed E-state index contributed by atoms with van der Waals surface area (Å²) in [7, 11) is 0. The largest absolute Gasteiger partial charge is 0.394 e. The molecule has 0 radical (unpaired) electrons. The molecule has 11 nitrogen and oxygen atoms in total. The van der Waals surface area contributed by atoms with Gasteiger partial charge in [-0.25, -0.2) is 0 Å². The van der Waals surface area contributed by atoms with Crippen LogP contribution < -0.4 is 5.32 Å². The highest BCUT2D eigenvalue weighted by molar-refractivity contribution is 5.80. The van der Waals surface area contributed by atoms with Crippen LogP contribution in [0, 0.1) is 0 Å². The highest BCUT2D eigenvalue weighted by atomic mass is 16.7. The number of allylic oxidation sites excluding steroid dienone is 2. The Hall–Kier alpha value is -1.15. The molecule has 1 fully saturated rings. The summed E-state index contributed by atoms with van der Waals surface area (Å²) in [6.45, 7) is 3.15. The molecule has 0 saturated carbocycles. The summed E-state index contributed by atoms with van der Waals surface area (Å²) in [5, 5.41) is 74.2. The van der Waals surface area contributed by atoms with Crippen molar-refractivity contribution >= 4 is 5.91 Å². The van der Waals surface area contributed by atoms with E-state index >= 15 is 0 Å². The minimum Gasteiger partial charge on any atom is -0.394 e. The lowest BCUT2D eigenvalue weighted by molar-refractivity contribution is -0.303. The molecule has 1 saturated heterocycles. The molecule has 9 atom stereocenters. The molecular weight excluding hydrogens is 666 g/mol. The van der Waals surface area contributed by atoms with Gasteiger partial charge in [-0.15, -0.1) is 0 Å². The molecule has 308 valence electrons. The molecule has 1 heterocycles. The fourth-order valence-corrected chi connectivity index (χ4v) is 6.71. The van der Waals surface area contributed by atoms with Gasteiger partial charge in [-0.3, -0.25) is 4.79 Å². The van der Waals surface area contributed by atoms with E-state index in [1.54, 1.807) is 0 Å². The Morgan fingerprint density at radius 3 is 1.63 bits per heavy atom. The normalized spacial score (nSPS) is 23.1. The lowest BCUT2D eigenvalue weighted by Gasteiger charge is -2.40. The molecule has 0 aliphatic carbocycles. The average molecular weight is 746 g/mol. The Labute approximate surface area is 315 Å². The van der Waals surface area contributed by atoms with Gasteiger partial charge < -0.3 is 50.5 Å². The average Bonchev–Trinajstić information content (AvgIpc) is 3.14. The SMILES string of the molecule is CCCCCCCCCCCCCC/C=C\CCCCCCCCCC(O)C(=O)NC(COC1OC(CO)C(O)C(O)C1O)C(O)C(O)CCCC. The van der Waals surface area contributed by atoms with Crippen LogP contribution in [0.1, 0.15) is 174 Å². The van der Waals surface area contributed by atoms with Crippen molar-refractivity contribution in [2.75, 3.05) is 13.2 Å². The van der Waals surface area contributed by atoms with E-state index in [0.717, 1.165) is 32.1 Å². The van der Waals surface area contributed by atoms with E-state index in [4.69, 9.17) is 9.47 Å². The monoisotopic (exact) mass is 746 g/mol. The molecular formula is C41H79NO10. The number of hydrogen-bond donors (Lipinski definition) is 8. The van der Waals surface area contributed by atoms with E-state index in [-0.39, 0.29) is 12.8 Å². The molecule has 8 N–H and O–H groups in total. The van der Waals surface area contributed by atoms with Crippen molar-refractivity contribution in [2.45, 2.75) is 229 Å². The molecule has 9 unspecified atom stereocenters. The molecule has 0 aromatic rings. The number of rotatable bonds is 34. The number of carbonyl (C=O) groups is 1. The van der Waals surface area contributed by atoms with E-state index in [1.165, 1.54) is 103 Å². The molecule has 1 aliphatic rings. The van der Waals surface area contributed by atoms with Crippen molar-refractivity contribution < 1.29 is 50.0 Å². The van der Waals surface area contributed by atoms with Crippen LogP contribution in [0.3, 0.4) is 0 Å². The second kappa shape index (κ2) is 32.1. The minimum absolute atomic E-state index is 0.255. The highest BCUT2D eigenvalue weighted by Gasteiger charge is 2.44. The van der Waals surface area contributed by atoms with Gasteiger partial charge in [0, 0.05) is 0 Å². The van der Waals surface area contributed by atoms with Crippen molar-refractivity contribution in [3.8, 4) is 0 Å². The van der Waals surface area contributed by atoms with Gasteiger partial charge >= 0.3 is 0 Å². The van der Waals surface area contributed by atoms with Crippen LogP contribution in [-0.4, -0.2) is 110 Å². The Kier molecular flexibility index (Phi) is 30.2. The van der Waals surface area contributed by atoms with Crippen molar-refractivity contribution in [3.05, 3.63) is 12.2 Å². The van der Waals surface area contributed by atoms with Crippen LogP contribution in [0.25, 0.3) is 0 Å². The number of aliphatic hydroxyl groups excluding tert-OH is 7. The van der Waals surface area contributed by atoms with Crippen LogP contribution in [-0.2, 0) is 14.3 Å². The zero-order valence-electron chi connectivity index (χ0n) is 32.8. The predicted molar refractivity (Wildman–Crippen MR) is 206 cm³/mol. The topological polar surface area (TPSA) is 189 Å². The second-order valence-corrected chi connectivity index (χ2v) is 15.1. The molecule has 0 aromatic carbocycles. The summed E-state index contributed by atoms with van der Waals surface area (Å²) in [5.74, 6) is -0.712. The van der Waals surface area contributed by atoms with Gasteiger partial charge in [-0.1, -0.05) is 148 Å². The maximum Gasteiger partial charge on any atom is 0.249 e. The number of hydrogen-bond acceptors (Lipinski definition) is 10. The third-order valence-corrected chi connectivity index (χ3v) is 10.3. The Balaban J connectivity index is 2.21. The van der Waals surface area contributed by atoms with Crippen LogP contribution in [0.4, 0.5) is 0 Å². The minimum atomic E-state index is -1.66. The maximum atomic E-state index is 12.9. The predicted octanol–water partition coefficient (Wildman–Crippen LogP) is 5.72. The van der Waals surface area contributed by atoms with Gasteiger partial charge in [0.25, 0.3) is 0 Å². The molecule has 1 rings (SSSR count). The van der Waals surface area contributed by atoms with Gasteiger partial charge in [0.1, 0.15) is 36.6 Å². The van der Waals surface area contributed by atoms with Gasteiger partial charge in [0.15, 0.2) is 6.29 Å².